The molecule has 1 saturated carbocycles. The molecule has 0 spiro atoms. The molecular weight excluding hydrogens is 278 g/mol. The molecule has 82 valence electrons. The number of carbonyl (C=O) groups is 1. The molecule has 5 heteroatoms. The monoisotopic (exact) mass is 289 g/mol. The van der Waals surface area contributed by atoms with Crippen LogP contribution >= 0.6 is 27.3 Å². The standard InChI is InChI=1S/C10H12BrNO2S/c1-14-10(13)8(12-6-2-3-6)9-7(11)4-5-15-9/h4-6,8,12H,2-3H2,1H3. The molecule has 0 aliphatic heterocycles. The van der Waals surface area contributed by atoms with Gasteiger partial charge in [-0.25, -0.2) is 4.79 Å². The fraction of sp³-hybridized carbons (Fsp3) is 0.500. The summed E-state index contributed by atoms with van der Waals surface area (Å²) in [6.45, 7) is 0. The van der Waals surface area contributed by atoms with Gasteiger partial charge in [-0.3, -0.25) is 5.32 Å². The molecule has 1 heterocycles. The number of hydrogen-bond donors (Lipinski definition) is 1. The van der Waals surface area contributed by atoms with Crippen molar-refractivity contribution in [3.05, 3.63) is 20.8 Å². The van der Waals surface area contributed by atoms with E-state index in [-0.39, 0.29) is 12.0 Å². The Morgan fingerprint density at radius 1 is 1.73 bits per heavy atom. The molecule has 0 radical (unpaired) electrons. The van der Waals surface area contributed by atoms with Gasteiger partial charge in [0.1, 0.15) is 6.04 Å². The van der Waals surface area contributed by atoms with Gasteiger partial charge in [0, 0.05) is 15.4 Å². The molecule has 0 amide bonds. The van der Waals surface area contributed by atoms with E-state index in [4.69, 9.17) is 4.74 Å². The van der Waals surface area contributed by atoms with Gasteiger partial charge in [-0.15, -0.1) is 11.3 Å². The van der Waals surface area contributed by atoms with Crippen LogP contribution in [0.25, 0.3) is 0 Å². The first kappa shape index (κ1) is 11.1. The van der Waals surface area contributed by atoms with Crippen LogP contribution < -0.4 is 5.32 Å². The van der Waals surface area contributed by atoms with E-state index in [1.165, 1.54) is 7.11 Å². The van der Waals surface area contributed by atoms with Gasteiger partial charge >= 0.3 is 5.97 Å². The van der Waals surface area contributed by atoms with Crippen molar-refractivity contribution >= 4 is 33.2 Å². The third-order valence-corrected chi connectivity index (χ3v) is 4.26. The third-order valence-electron chi connectivity index (χ3n) is 2.32. The van der Waals surface area contributed by atoms with E-state index in [9.17, 15) is 4.79 Å². The van der Waals surface area contributed by atoms with Gasteiger partial charge < -0.3 is 4.74 Å². The lowest BCUT2D eigenvalue weighted by atomic mass is 10.2. The quantitative estimate of drug-likeness (QED) is 0.866. The van der Waals surface area contributed by atoms with Gasteiger partial charge in [-0.2, -0.15) is 0 Å². The average molecular weight is 290 g/mol. The number of halogens is 1. The predicted molar refractivity (Wildman–Crippen MR) is 62.9 cm³/mol. The minimum absolute atomic E-state index is 0.218. The Balaban J connectivity index is 2.16. The summed E-state index contributed by atoms with van der Waals surface area (Å²) in [6.07, 6.45) is 2.30. The van der Waals surface area contributed by atoms with Crippen molar-refractivity contribution in [3.8, 4) is 0 Å². The number of carbonyl (C=O) groups excluding carboxylic acids is 1. The van der Waals surface area contributed by atoms with E-state index in [1.807, 2.05) is 11.4 Å². The molecule has 1 unspecified atom stereocenters. The highest BCUT2D eigenvalue weighted by atomic mass is 79.9. The molecule has 1 N–H and O–H groups in total. The maximum Gasteiger partial charge on any atom is 0.328 e. The molecule has 0 aromatic carbocycles. The van der Waals surface area contributed by atoms with Gasteiger partial charge in [-0.05, 0) is 40.2 Å². The summed E-state index contributed by atoms with van der Waals surface area (Å²) in [5.41, 5.74) is 0. The Labute approximate surface area is 101 Å². The van der Waals surface area contributed by atoms with Crippen LogP contribution in [0.3, 0.4) is 0 Å². The highest BCUT2D eigenvalue weighted by Crippen LogP contribution is 2.32. The van der Waals surface area contributed by atoms with E-state index in [1.54, 1.807) is 11.3 Å². The van der Waals surface area contributed by atoms with Gasteiger partial charge in [0.05, 0.1) is 7.11 Å². The molecule has 1 atom stereocenters. The highest BCUT2D eigenvalue weighted by Gasteiger charge is 2.31. The maximum atomic E-state index is 11.6. The first-order chi connectivity index (χ1) is 7.22. The summed E-state index contributed by atoms with van der Waals surface area (Å²) in [4.78, 5) is 12.6. The fourth-order valence-corrected chi connectivity index (χ4v) is 3.01. The summed E-state index contributed by atoms with van der Waals surface area (Å²) >= 11 is 5.00. The lowest BCUT2D eigenvalue weighted by molar-refractivity contribution is -0.143. The molecule has 0 saturated heterocycles. The Kier molecular flexibility index (Phi) is 3.43. The van der Waals surface area contributed by atoms with Crippen LogP contribution in [0, 0.1) is 0 Å². The Morgan fingerprint density at radius 2 is 2.47 bits per heavy atom. The van der Waals surface area contributed by atoms with Crippen LogP contribution in [0.2, 0.25) is 0 Å². The number of methoxy groups -OCH3 is 1. The maximum absolute atomic E-state index is 11.6. The van der Waals surface area contributed by atoms with Gasteiger partial charge in [-0.1, -0.05) is 0 Å². The van der Waals surface area contributed by atoms with Crippen LogP contribution in [0.1, 0.15) is 23.8 Å². The van der Waals surface area contributed by atoms with E-state index < -0.39 is 0 Å². The Bertz CT molecular complexity index is 362. The zero-order valence-electron chi connectivity index (χ0n) is 8.33. The van der Waals surface area contributed by atoms with Crippen molar-refractivity contribution in [3.63, 3.8) is 0 Å². The van der Waals surface area contributed by atoms with Crippen molar-refractivity contribution in [2.75, 3.05) is 7.11 Å². The van der Waals surface area contributed by atoms with E-state index in [0.717, 1.165) is 22.2 Å². The minimum atomic E-state index is -0.322. The number of esters is 1. The second-order valence-electron chi connectivity index (χ2n) is 3.53. The number of ether oxygens (including phenoxy) is 1. The molecule has 1 aromatic heterocycles. The van der Waals surface area contributed by atoms with Crippen LogP contribution in [-0.4, -0.2) is 19.1 Å². The number of nitrogens with one attached hydrogen (secondary N) is 1. The van der Waals surface area contributed by atoms with E-state index in [0.29, 0.717) is 6.04 Å². The molecule has 3 nitrogen and oxygen atoms in total. The molecule has 0 bridgehead atoms. The Morgan fingerprint density at radius 3 is 2.93 bits per heavy atom. The summed E-state index contributed by atoms with van der Waals surface area (Å²) in [5.74, 6) is -0.218. The minimum Gasteiger partial charge on any atom is -0.468 e. The van der Waals surface area contributed by atoms with E-state index >= 15 is 0 Å². The zero-order valence-corrected chi connectivity index (χ0v) is 10.7. The Hall–Kier alpha value is -0.390. The van der Waals surface area contributed by atoms with Crippen molar-refractivity contribution < 1.29 is 9.53 Å². The summed E-state index contributed by atoms with van der Waals surface area (Å²) in [6, 6.07) is 2.10. The lowest BCUT2D eigenvalue weighted by Gasteiger charge is -2.15. The van der Waals surface area contributed by atoms with Crippen molar-refractivity contribution in [1.29, 1.82) is 0 Å². The molecule has 1 fully saturated rings. The molecule has 1 aromatic rings. The molecule has 1 aliphatic carbocycles. The van der Waals surface area contributed by atoms with Crippen LogP contribution in [0.15, 0.2) is 15.9 Å². The SMILES string of the molecule is COC(=O)C(NC1CC1)c1sccc1Br. The average Bonchev–Trinajstić information content (AvgIpc) is 2.96. The molecule has 1 aliphatic rings. The summed E-state index contributed by atoms with van der Waals surface area (Å²) in [5, 5.41) is 5.25. The summed E-state index contributed by atoms with van der Waals surface area (Å²) < 4.78 is 5.77. The number of rotatable bonds is 4. The number of hydrogen-bond acceptors (Lipinski definition) is 4. The normalized spacial score (nSPS) is 17.5. The van der Waals surface area contributed by atoms with Crippen LogP contribution in [0.5, 0.6) is 0 Å². The van der Waals surface area contributed by atoms with Crippen molar-refractivity contribution in [2.45, 2.75) is 24.9 Å². The second-order valence-corrected chi connectivity index (χ2v) is 5.33. The fourth-order valence-electron chi connectivity index (χ4n) is 1.37. The second kappa shape index (κ2) is 4.63. The predicted octanol–water partition coefficient (Wildman–Crippen LogP) is 2.48. The third kappa shape index (κ3) is 2.59. The highest BCUT2D eigenvalue weighted by molar-refractivity contribution is 9.10. The van der Waals surface area contributed by atoms with Crippen LogP contribution in [0.4, 0.5) is 0 Å². The summed E-state index contributed by atoms with van der Waals surface area (Å²) in [7, 11) is 1.42. The van der Waals surface area contributed by atoms with Crippen molar-refractivity contribution in [1.82, 2.24) is 5.32 Å². The smallest absolute Gasteiger partial charge is 0.328 e. The van der Waals surface area contributed by atoms with Gasteiger partial charge in [0.2, 0.25) is 0 Å². The zero-order chi connectivity index (χ0) is 10.8. The topological polar surface area (TPSA) is 38.3 Å². The first-order valence-corrected chi connectivity index (χ1v) is 6.46. The lowest BCUT2D eigenvalue weighted by Crippen LogP contribution is -2.30. The molecular formula is C10H12BrNO2S. The van der Waals surface area contributed by atoms with Gasteiger partial charge in [0.25, 0.3) is 0 Å². The van der Waals surface area contributed by atoms with Crippen LogP contribution in [-0.2, 0) is 9.53 Å². The first-order valence-electron chi connectivity index (χ1n) is 4.79. The molecule has 15 heavy (non-hydrogen) atoms. The largest absolute Gasteiger partial charge is 0.468 e. The number of thiophene rings is 1. The van der Waals surface area contributed by atoms with E-state index in [2.05, 4.69) is 21.2 Å². The van der Waals surface area contributed by atoms with Gasteiger partial charge in [0.15, 0.2) is 0 Å². The molecule has 2 rings (SSSR count). The van der Waals surface area contributed by atoms with Crippen molar-refractivity contribution in [2.24, 2.45) is 0 Å².